The molecule has 0 unspecified atom stereocenters. The van der Waals surface area contributed by atoms with Crippen LogP contribution in [0.15, 0.2) is 12.7 Å². The minimum atomic E-state index is -1.07. The van der Waals surface area contributed by atoms with Crippen LogP contribution >= 0.6 is 0 Å². The molecule has 0 aromatic rings. The highest BCUT2D eigenvalue weighted by molar-refractivity contribution is 6.77. The number of esters is 1. The summed E-state index contributed by atoms with van der Waals surface area (Å²) in [5.74, 6) is -0.309. The fourth-order valence-corrected chi connectivity index (χ4v) is 1.67. The Morgan fingerprint density at radius 3 is 2.58 bits per heavy atom. The van der Waals surface area contributed by atoms with Crippen LogP contribution < -0.4 is 0 Å². The van der Waals surface area contributed by atoms with Gasteiger partial charge in [-0.25, -0.2) is 4.79 Å². The molecule has 0 saturated carbocycles. The van der Waals surface area contributed by atoms with Gasteiger partial charge < -0.3 is 4.74 Å². The standard InChI is InChI=1S/C9H18O2Si/c1-5-9(10)11-7-8-12(3,4)6-2/h5H,1,6-8H2,2-4H3. The van der Waals surface area contributed by atoms with Crippen molar-refractivity contribution in [1.82, 2.24) is 0 Å². The van der Waals surface area contributed by atoms with Crippen molar-refractivity contribution in [2.75, 3.05) is 6.61 Å². The van der Waals surface area contributed by atoms with Crippen LogP contribution in [0, 0.1) is 0 Å². The van der Waals surface area contributed by atoms with Crippen molar-refractivity contribution >= 4 is 14.0 Å². The third-order valence-corrected chi connectivity index (χ3v) is 5.62. The third-order valence-electron chi connectivity index (χ3n) is 2.15. The van der Waals surface area contributed by atoms with Crippen LogP contribution in [0.4, 0.5) is 0 Å². The molecule has 0 aliphatic carbocycles. The second-order valence-corrected chi connectivity index (χ2v) is 9.17. The molecule has 0 saturated heterocycles. The first-order valence-corrected chi connectivity index (χ1v) is 7.72. The quantitative estimate of drug-likeness (QED) is 0.374. The first-order valence-electron chi connectivity index (χ1n) is 4.31. The van der Waals surface area contributed by atoms with Gasteiger partial charge in [0.1, 0.15) is 0 Å². The van der Waals surface area contributed by atoms with E-state index in [1.807, 2.05) is 0 Å². The normalized spacial score (nSPS) is 10.9. The molecule has 0 amide bonds. The lowest BCUT2D eigenvalue weighted by atomic mass is 10.6. The molecule has 0 heterocycles. The molecular formula is C9H18O2Si. The van der Waals surface area contributed by atoms with Gasteiger partial charge in [-0.2, -0.15) is 0 Å². The average Bonchev–Trinajstić information content (AvgIpc) is 2.04. The lowest BCUT2D eigenvalue weighted by Gasteiger charge is -2.19. The fraction of sp³-hybridized carbons (Fsp3) is 0.667. The topological polar surface area (TPSA) is 26.3 Å². The largest absolute Gasteiger partial charge is 0.463 e. The Morgan fingerprint density at radius 1 is 1.58 bits per heavy atom. The Kier molecular flexibility index (Phi) is 4.89. The number of rotatable bonds is 5. The molecule has 3 heteroatoms. The predicted molar refractivity (Wildman–Crippen MR) is 53.9 cm³/mol. The second-order valence-electron chi connectivity index (χ2n) is 3.64. The smallest absolute Gasteiger partial charge is 0.330 e. The summed E-state index contributed by atoms with van der Waals surface area (Å²) in [4.78, 5) is 10.7. The highest BCUT2D eigenvalue weighted by atomic mass is 28.3. The molecule has 0 aliphatic heterocycles. The molecule has 12 heavy (non-hydrogen) atoms. The number of hydrogen-bond donors (Lipinski definition) is 0. The summed E-state index contributed by atoms with van der Waals surface area (Å²) >= 11 is 0. The van der Waals surface area contributed by atoms with E-state index in [0.29, 0.717) is 6.61 Å². The van der Waals surface area contributed by atoms with Crippen molar-refractivity contribution < 1.29 is 9.53 Å². The summed E-state index contributed by atoms with van der Waals surface area (Å²) < 4.78 is 4.91. The van der Waals surface area contributed by atoms with Crippen LogP contribution in [0.1, 0.15) is 6.92 Å². The molecule has 0 aromatic carbocycles. The average molecular weight is 186 g/mol. The Hall–Kier alpha value is -0.573. The summed E-state index contributed by atoms with van der Waals surface area (Å²) in [7, 11) is -1.07. The van der Waals surface area contributed by atoms with Crippen LogP contribution in [0.5, 0.6) is 0 Å². The molecule has 0 spiro atoms. The Balaban J connectivity index is 3.56. The van der Waals surface area contributed by atoms with E-state index < -0.39 is 8.07 Å². The summed E-state index contributed by atoms with van der Waals surface area (Å²) in [5.41, 5.74) is 0. The first-order chi connectivity index (χ1) is 5.52. The minimum absolute atomic E-state index is 0.309. The number of ether oxygens (including phenoxy) is 1. The lowest BCUT2D eigenvalue weighted by Crippen LogP contribution is -2.25. The van der Waals surface area contributed by atoms with Gasteiger partial charge in [0.15, 0.2) is 0 Å². The van der Waals surface area contributed by atoms with Crippen LogP contribution in [-0.2, 0) is 9.53 Å². The van der Waals surface area contributed by atoms with Gasteiger partial charge in [-0.05, 0) is 6.04 Å². The van der Waals surface area contributed by atoms with E-state index in [2.05, 4.69) is 26.6 Å². The van der Waals surface area contributed by atoms with Crippen LogP contribution in [0.3, 0.4) is 0 Å². The van der Waals surface area contributed by atoms with E-state index in [-0.39, 0.29) is 5.97 Å². The van der Waals surface area contributed by atoms with Gasteiger partial charge in [-0.1, -0.05) is 32.6 Å². The van der Waals surface area contributed by atoms with Crippen LogP contribution in [-0.4, -0.2) is 20.7 Å². The summed E-state index contributed by atoms with van der Waals surface area (Å²) in [5, 5.41) is 0. The molecule has 0 atom stereocenters. The molecule has 0 bridgehead atoms. The molecule has 0 rings (SSSR count). The minimum Gasteiger partial charge on any atom is -0.463 e. The third kappa shape index (κ3) is 5.13. The number of carbonyl (C=O) groups is 1. The fourth-order valence-electron chi connectivity index (χ4n) is 0.664. The molecule has 0 radical (unpaired) electrons. The molecular weight excluding hydrogens is 168 g/mol. The number of hydrogen-bond acceptors (Lipinski definition) is 2. The van der Waals surface area contributed by atoms with Crippen molar-refractivity contribution in [1.29, 1.82) is 0 Å². The van der Waals surface area contributed by atoms with E-state index in [1.54, 1.807) is 0 Å². The van der Waals surface area contributed by atoms with Crippen molar-refractivity contribution in [3.8, 4) is 0 Å². The van der Waals surface area contributed by atoms with Gasteiger partial charge in [-0.3, -0.25) is 0 Å². The maximum absolute atomic E-state index is 10.7. The van der Waals surface area contributed by atoms with Crippen LogP contribution in [0.25, 0.3) is 0 Å². The highest BCUT2D eigenvalue weighted by Crippen LogP contribution is 2.13. The van der Waals surface area contributed by atoms with E-state index in [4.69, 9.17) is 4.74 Å². The van der Waals surface area contributed by atoms with E-state index in [1.165, 1.54) is 12.1 Å². The SMILES string of the molecule is C=CC(=O)OCC[Si](C)(C)CC. The van der Waals surface area contributed by atoms with Crippen molar-refractivity contribution in [3.05, 3.63) is 12.7 Å². The second kappa shape index (κ2) is 5.14. The highest BCUT2D eigenvalue weighted by Gasteiger charge is 2.17. The maximum atomic E-state index is 10.7. The monoisotopic (exact) mass is 186 g/mol. The summed E-state index contributed by atoms with van der Waals surface area (Å²) in [6.07, 6.45) is 1.21. The van der Waals surface area contributed by atoms with Crippen molar-refractivity contribution in [2.24, 2.45) is 0 Å². The van der Waals surface area contributed by atoms with Gasteiger partial charge in [0.2, 0.25) is 0 Å². The summed E-state index contributed by atoms with van der Waals surface area (Å²) in [6, 6.07) is 2.28. The Bertz CT molecular complexity index is 164. The van der Waals surface area contributed by atoms with Gasteiger partial charge in [-0.15, -0.1) is 0 Å². The van der Waals surface area contributed by atoms with Gasteiger partial charge in [0.25, 0.3) is 0 Å². The number of carbonyl (C=O) groups excluding carboxylic acids is 1. The molecule has 0 N–H and O–H groups in total. The van der Waals surface area contributed by atoms with E-state index in [0.717, 1.165) is 6.04 Å². The summed E-state index contributed by atoms with van der Waals surface area (Å²) in [6.45, 7) is 10.7. The molecule has 0 aliphatic rings. The molecule has 0 aromatic heterocycles. The van der Waals surface area contributed by atoms with Crippen molar-refractivity contribution in [2.45, 2.75) is 32.1 Å². The van der Waals surface area contributed by atoms with Gasteiger partial charge in [0.05, 0.1) is 14.7 Å². The molecule has 0 fully saturated rings. The molecule has 2 nitrogen and oxygen atoms in total. The Morgan fingerprint density at radius 2 is 2.17 bits per heavy atom. The lowest BCUT2D eigenvalue weighted by molar-refractivity contribution is -0.137. The van der Waals surface area contributed by atoms with Crippen LogP contribution in [0.2, 0.25) is 25.2 Å². The Labute approximate surface area is 75.6 Å². The zero-order valence-electron chi connectivity index (χ0n) is 8.22. The predicted octanol–water partition coefficient (Wildman–Crippen LogP) is 2.44. The van der Waals surface area contributed by atoms with Gasteiger partial charge in [0, 0.05) is 6.08 Å². The first kappa shape index (κ1) is 11.4. The van der Waals surface area contributed by atoms with E-state index in [9.17, 15) is 4.79 Å². The maximum Gasteiger partial charge on any atom is 0.330 e. The van der Waals surface area contributed by atoms with E-state index >= 15 is 0 Å². The van der Waals surface area contributed by atoms with Gasteiger partial charge >= 0.3 is 5.97 Å². The molecule has 70 valence electrons. The zero-order valence-corrected chi connectivity index (χ0v) is 9.22. The zero-order chi connectivity index (χ0) is 9.61. The van der Waals surface area contributed by atoms with Crippen molar-refractivity contribution in [3.63, 3.8) is 0 Å².